The molecule has 2 aromatic rings. The van der Waals surface area contributed by atoms with Gasteiger partial charge in [0.05, 0.1) is 13.7 Å². The van der Waals surface area contributed by atoms with Gasteiger partial charge in [-0.3, -0.25) is 0 Å². The molecule has 2 heterocycles. The fourth-order valence-corrected chi connectivity index (χ4v) is 2.13. The number of nitrogens with zero attached hydrogens (tertiary/aromatic N) is 2. The molecule has 0 radical (unpaired) electrons. The van der Waals surface area contributed by atoms with E-state index in [9.17, 15) is 4.79 Å². The molecule has 0 atom stereocenters. The van der Waals surface area contributed by atoms with Crippen molar-refractivity contribution >= 4 is 23.0 Å². The van der Waals surface area contributed by atoms with Crippen molar-refractivity contribution in [3.05, 3.63) is 40.1 Å². The van der Waals surface area contributed by atoms with E-state index in [0.29, 0.717) is 6.54 Å². The molecule has 0 spiro atoms. The van der Waals surface area contributed by atoms with Crippen LogP contribution in [0.25, 0.3) is 0 Å². The predicted molar refractivity (Wildman–Crippen MR) is 69.8 cm³/mol. The Morgan fingerprint density at radius 2 is 2.39 bits per heavy atom. The highest BCUT2D eigenvalue weighted by Crippen LogP contribution is 2.13. The molecular formula is C12H13N3O2S. The lowest BCUT2D eigenvalue weighted by Crippen LogP contribution is -2.06. The zero-order valence-corrected chi connectivity index (χ0v) is 11.0. The number of nitrogens with one attached hydrogen (secondary N) is 1. The Kier molecular flexibility index (Phi) is 3.88. The summed E-state index contributed by atoms with van der Waals surface area (Å²) >= 11 is 1.60. The minimum Gasteiger partial charge on any atom is -0.464 e. The fraction of sp³-hybridized carbons (Fsp3) is 0.250. The number of methoxy groups -OCH3 is 1. The second-order valence-corrected chi connectivity index (χ2v) is 4.60. The first kappa shape index (κ1) is 12.5. The van der Waals surface area contributed by atoms with E-state index in [4.69, 9.17) is 0 Å². The molecule has 6 heteroatoms. The first-order valence-corrected chi connectivity index (χ1v) is 6.26. The molecule has 0 aromatic carbocycles. The van der Waals surface area contributed by atoms with Crippen LogP contribution >= 0.6 is 11.3 Å². The average Bonchev–Trinajstić information content (AvgIpc) is 2.81. The summed E-state index contributed by atoms with van der Waals surface area (Å²) in [5, 5.41) is 6.20. The second-order valence-electron chi connectivity index (χ2n) is 3.66. The molecule has 0 aliphatic heterocycles. The maximum atomic E-state index is 11.3. The number of thiazole rings is 1. The molecule has 18 heavy (non-hydrogen) atoms. The van der Waals surface area contributed by atoms with Crippen molar-refractivity contribution in [3.63, 3.8) is 0 Å². The quantitative estimate of drug-likeness (QED) is 0.857. The number of carbonyl (C=O) groups excluding carboxylic acids is 1. The predicted octanol–water partition coefficient (Wildman–Crippen LogP) is 2.25. The first-order chi connectivity index (χ1) is 8.69. The van der Waals surface area contributed by atoms with Crippen LogP contribution in [0, 0.1) is 6.92 Å². The van der Waals surface area contributed by atoms with Crippen LogP contribution < -0.4 is 5.32 Å². The van der Waals surface area contributed by atoms with E-state index < -0.39 is 5.97 Å². The van der Waals surface area contributed by atoms with Crippen molar-refractivity contribution in [2.45, 2.75) is 13.5 Å². The number of pyridine rings is 1. The maximum absolute atomic E-state index is 11.3. The van der Waals surface area contributed by atoms with E-state index in [0.717, 1.165) is 16.4 Å². The van der Waals surface area contributed by atoms with Crippen molar-refractivity contribution in [1.29, 1.82) is 0 Å². The molecule has 0 aliphatic carbocycles. The van der Waals surface area contributed by atoms with Crippen molar-refractivity contribution in [2.24, 2.45) is 0 Å². The highest BCUT2D eigenvalue weighted by molar-refractivity contribution is 7.09. The molecular weight excluding hydrogens is 250 g/mol. The van der Waals surface area contributed by atoms with Crippen LogP contribution in [-0.4, -0.2) is 23.0 Å². The van der Waals surface area contributed by atoms with Gasteiger partial charge in [-0.05, 0) is 19.1 Å². The Morgan fingerprint density at radius 3 is 3.06 bits per heavy atom. The molecule has 0 aliphatic rings. The minimum atomic E-state index is -0.441. The Balaban J connectivity index is 2.03. The van der Waals surface area contributed by atoms with E-state index in [2.05, 4.69) is 20.0 Å². The molecule has 0 amide bonds. The van der Waals surface area contributed by atoms with E-state index >= 15 is 0 Å². The summed E-state index contributed by atoms with van der Waals surface area (Å²) in [5.74, 6) is -0.441. The van der Waals surface area contributed by atoms with E-state index in [1.165, 1.54) is 7.11 Å². The molecule has 0 saturated carbocycles. The molecule has 94 valence electrons. The molecule has 2 rings (SSSR count). The summed E-state index contributed by atoms with van der Waals surface area (Å²) in [6.45, 7) is 2.59. The van der Waals surface area contributed by atoms with Crippen LogP contribution in [0.3, 0.4) is 0 Å². The third-order valence-corrected chi connectivity index (χ3v) is 3.23. The van der Waals surface area contributed by atoms with E-state index in [1.54, 1.807) is 29.7 Å². The van der Waals surface area contributed by atoms with Gasteiger partial charge < -0.3 is 10.1 Å². The summed E-state index contributed by atoms with van der Waals surface area (Å²) < 4.78 is 4.62. The topological polar surface area (TPSA) is 64.1 Å². The Hall–Kier alpha value is -1.95. The third kappa shape index (κ3) is 3.04. The highest BCUT2D eigenvalue weighted by atomic mass is 32.1. The van der Waals surface area contributed by atoms with Gasteiger partial charge in [-0.1, -0.05) is 0 Å². The maximum Gasteiger partial charge on any atom is 0.356 e. The monoisotopic (exact) mass is 263 g/mol. The molecule has 1 N–H and O–H groups in total. The standard InChI is InChI=1S/C12H13N3O2S/c1-8-7-18-11(15-8)6-14-9-3-4-13-10(5-9)12(16)17-2/h3-5,7H,6H2,1-2H3,(H,13,14). The van der Waals surface area contributed by atoms with Gasteiger partial charge in [-0.25, -0.2) is 14.8 Å². The third-order valence-electron chi connectivity index (χ3n) is 2.26. The highest BCUT2D eigenvalue weighted by Gasteiger charge is 2.07. The van der Waals surface area contributed by atoms with Gasteiger partial charge in [0.25, 0.3) is 0 Å². The lowest BCUT2D eigenvalue weighted by molar-refractivity contribution is 0.0594. The number of aryl methyl sites for hydroxylation is 1. The van der Waals surface area contributed by atoms with Gasteiger partial charge in [-0.2, -0.15) is 0 Å². The number of anilines is 1. The number of esters is 1. The van der Waals surface area contributed by atoms with Gasteiger partial charge >= 0.3 is 5.97 Å². The molecule has 0 fully saturated rings. The van der Waals surface area contributed by atoms with Gasteiger partial charge in [0, 0.05) is 23.0 Å². The van der Waals surface area contributed by atoms with Crippen LogP contribution in [0.15, 0.2) is 23.7 Å². The first-order valence-electron chi connectivity index (χ1n) is 5.38. The second kappa shape index (κ2) is 5.59. The number of hydrogen-bond acceptors (Lipinski definition) is 6. The van der Waals surface area contributed by atoms with Crippen LogP contribution in [0.5, 0.6) is 0 Å². The minimum absolute atomic E-state index is 0.290. The van der Waals surface area contributed by atoms with Crippen LogP contribution in [0.4, 0.5) is 5.69 Å². The number of rotatable bonds is 4. The van der Waals surface area contributed by atoms with Crippen molar-refractivity contribution in [1.82, 2.24) is 9.97 Å². The summed E-state index contributed by atoms with van der Waals surface area (Å²) in [5.41, 5.74) is 2.12. The summed E-state index contributed by atoms with van der Waals surface area (Å²) in [4.78, 5) is 19.6. The smallest absolute Gasteiger partial charge is 0.356 e. The summed E-state index contributed by atoms with van der Waals surface area (Å²) in [6, 6.07) is 3.46. The van der Waals surface area contributed by atoms with E-state index in [1.807, 2.05) is 12.3 Å². The van der Waals surface area contributed by atoms with Crippen molar-refractivity contribution < 1.29 is 9.53 Å². The number of carbonyl (C=O) groups is 1. The summed E-state index contributed by atoms with van der Waals surface area (Å²) in [7, 11) is 1.34. The van der Waals surface area contributed by atoms with Gasteiger partial charge in [0.1, 0.15) is 10.7 Å². The van der Waals surface area contributed by atoms with Crippen molar-refractivity contribution in [3.8, 4) is 0 Å². The lowest BCUT2D eigenvalue weighted by Gasteiger charge is -2.05. The molecule has 5 nitrogen and oxygen atoms in total. The van der Waals surface area contributed by atoms with Crippen LogP contribution in [0.1, 0.15) is 21.2 Å². The number of ether oxygens (including phenoxy) is 1. The number of hydrogen-bond donors (Lipinski definition) is 1. The molecule has 0 bridgehead atoms. The SMILES string of the molecule is COC(=O)c1cc(NCc2nc(C)cs2)ccn1. The number of aromatic nitrogens is 2. The lowest BCUT2D eigenvalue weighted by atomic mass is 10.3. The zero-order chi connectivity index (χ0) is 13.0. The van der Waals surface area contributed by atoms with Crippen LogP contribution in [0.2, 0.25) is 0 Å². The average molecular weight is 263 g/mol. The van der Waals surface area contributed by atoms with Gasteiger partial charge in [0.15, 0.2) is 0 Å². The van der Waals surface area contributed by atoms with Crippen molar-refractivity contribution in [2.75, 3.05) is 12.4 Å². The molecule has 0 saturated heterocycles. The fourth-order valence-electron chi connectivity index (χ4n) is 1.42. The Morgan fingerprint density at radius 1 is 1.56 bits per heavy atom. The normalized spacial score (nSPS) is 10.1. The zero-order valence-electron chi connectivity index (χ0n) is 10.1. The Bertz CT molecular complexity index is 554. The van der Waals surface area contributed by atoms with E-state index in [-0.39, 0.29) is 5.69 Å². The molecule has 2 aromatic heterocycles. The largest absolute Gasteiger partial charge is 0.464 e. The van der Waals surface area contributed by atoms with Crippen LogP contribution in [-0.2, 0) is 11.3 Å². The van der Waals surface area contributed by atoms with Gasteiger partial charge in [0.2, 0.25) is 0 Å². The van der Waals surface area contributed by atoms with Gasteiger partial charge in [-0.15, -0.1) is 11.3 Å². The molecule has 0 unspecified atom stereocenters. The Labute approximate surface area is 109 Å². The summed E-state index contributed by atoms with van der Waals surface area (Å²) in [6.07, 6.45) is 1.57.